The molecule has 1 aliphatic heterocycles. The van der Waals surface area contributed by atoms with E-state index < -0.39 is 0 Å². The van der Waals surface area contributed by atoms with Crippen LogP contribution in [0.1, 0.15) is 30.3 Å². The molecule has 1 fully saturated rings. The Morgan fingerprint density at radius 1 is 1.44 bits per heavy atom. The summed E-state index contributed by atoms with van der Waals surface area (Å²) in [6.07, 6.45) is 2.19. The highest BCUT2D eigenvalue weighted by Gasteiger charge is 2.20. The smallest absolute Gasteiger partial charge is 0.131 e. The van der Waals surface area contributed by atoms with E-state index in [1.54, 1.807) is 11.3 Å². The fraction of sp³-hybridized carbons (Fsp3) is 0.818. The minimum atomic E-state index is 0.493. The lowest BCUT2D eigenvalue weighted by Crippen LogP contribution is -2.42. The van der Waals surface area contributed by atoms with Crippen LogP contribution >= 0.6 is 11.3 Å². The van der Waals surface area contributed by atoms with Crippen LogP contribution in [0.2, 0.25) is 0 Å². The highest BCUT2D eigenvalue weighted by atomic mass is 32.1. The molecule has 2 heterocycles. The molecule has 1 aromatic rings. The van der Waals surface area contributed by atoms with Crippen molar-refractivity contribution >= 4 is 11.3 Å². The Morgan fingerprint density at radius 3 is 3.00 bits per heavy atom. The quantitative estimate of drug-likeness (QED) is 0.804. The fourth-order valence-electron chi connectivity index (χ4n) is 1.84. The molecule has 2 rings (SSSR count). The van der Waals surface area contributed by atoms with Gasteiger partial charge in [0.1, 0.15) is 10.0 Å². The molecule has 0 N–H and O–H groups in total. The fourth-order valence-corrected chi connectivity index (χ4v) is 2.81. The van der Waals surface area contributed by atoms with E-state index in [1.807, 2.05) is 0 Å². The molecule has 90 valence electrons. The molecule has 4 nitrogen and oxygen atoms in total. The Hall–Kier alpha value is -0.520. The van der Waals surface area contributed by atoms with Crippen molar-refractivity contribution in [2.45, 2.75) is 39.3 Å². The van der Waals surface area contributed by atoms with E-state index >= 15 is 0 Å². The summed E-state index contributed by atoms with van der Waals surface area (Å²) < 4.78 is 5.42. The van der Waals surface area contributed by atoms with Crippen molar-refractivity contribution in [2.75, 3.05) is 19.8 Å². The van der Waals surface area contributed by atoms with Crippen LogP contribution in [0.15, 0.2) is 0 Å². The average molecular weight is 241 g/mol. The Bertz CT molecular complexity index is 329. The predicted octanol–water partition coefficient (Wildman–Crippen LogP) is 1.71. The van der Waals surface area contributed by atoms with E-state index in [1.165, 1.54) is 5.01 Å². The van der Waals surface area contributed by atoms with Crippen molar-refractivity contribution < 1.29 is 4.74 Å². The molecule has 1 unspecified atom stereocenters. The summed E-state index contributed by atoms with van der Waals surface area (Å²) in [7, 11) is 0. The first-order valence-corrected chi connectivity index (χ1v) is 6.74. The monoisotopic (exact) mass is 241 g/mol. The summed E-state index contributed by atoms with van der Waals surface area (Å²) in [6, 6.07) is 0.493. The van der Waals surface area contributed by atoms with Gasteiger partial charge < -0.3 is 4.74 Å². The minimum Gasteiger partial charge on any atom is -0.379 e. The van der Waals surface area contributed by atoms with Gasteiger partial charge in [0.05, 0.1) is 19.8 Å². The van der Waals surface area contributed by atoms with Crippen LogP contribution in [0, 0.1) is 0 Å². The average Bonchev–Trinajstić information content (AvgIpc) is 2.70. The van der Waals surface area contributed by atoms with E-state index in [0.717, 1.165) is 44.2 Å². The predicted molar refractivity (Wildman–Crippen MR) is 64.6 cm³/mol. The molecule has 0 amide bonds. The van der Waals surface area contributed by atoms with Gasteiger partial charge in [0.2, 0.25) is 0 Å². The molecule has 0 bridgehead atoms. The van der Waals surface area contributed by atoms with Crippen LogP contribution in [0.5, 0.6) is 0 Å². The second-order valence-electron chi connectivity index (χ2n) is 4.23. The maximum atomic E-state index is 5.42. The van der Waals surface area contributed by atoms with Gasteiger partial charge in [0, 0.05) is 19.0 Å². The van der Waals surface area contributed by atoms with Gasteiger partial charge in [-0.3, -0.25) is 4.90 Å². The van der Waals surface area contributed by atoms with Gasteiger partial charge >= 0.3 is 0 Å². The molecule has 1 saturated heterocycles. The van der Waals surface area contributed by atoms with E-state index in [4.69, 9.17) is 4.74 Å². The Morgan fingerprint density at radius 2 is 2.25 bits per heavy atom. The number of nitrogens with zero attached hydrogens (tertiary/aromatic N) is 3. The van der Waals surface area contributed by atoms with Crippen molar-refractivity contribution in [1.82, 2.24) is 15.1 Å². The van der Waals surface area contributed by atoms with Crippen LogP contribution in [0.4, 0.5) is 0 Å². The topological polar surface area (TPSA) is 38.2 Å². The lowest BCUT2D eigenvalue weighted by molar-refractivity contribution is -0.00446. The highest BCUT2D eigenvalue weighted by molar-refractivity contribution is 7.11. The van der Waals surface area contributed by atoms with Crippen LogP contribution in [0.25, 0.3) is 0 Å². The maximum absolute atomic E-state index is 5.42. The van der Waals surface area contributed by atoms with Gasteiger partial charge in [0.15, 0.2) is 0 Å². The largest absolute Gasteiger partial charge is 0.379 e. The lowest BCUT2D eigenvalue weighted by Gasteiger charge is -2.32. The van der Waals surface area contributed by atoms with Gasteiger partial charge in [-0.25, -0.2) is 0 Å². The van der Waals surface area contributed by atoms with Crippen molar-refractivity contribution in [2.24, 2.45) is 0 Å². The zero-order chi connectivity index (χ0) is 11.4. The molecule has 16 heavy (non-hydrogen) atoms. The molecule has 5 heteroatoms. The zero-order valence-corrected chi connectivity index (χ0v) is 10.8. The third kappa shape index (κ3) is 2.99. The Kier molecular flexibility index (Phi) is 4.26. The van der Waals surface area contributed by atoms with E-state index in [0.29, 0.717) is 6.04 Å². The maximum Gasteiger partial charge on any atom is 0.131 e. The van der Waals surface area contributed by atoms with Gasteiger partial charge in [-0.2, -0.15) is 0 Å². The van der Waals surface area contributed by atoms with Crippen molar-refractivity contribution in [3.63, 3.8) is 0 Å². The van der Waals surface area contributed by atoms with Crippen molar-refractivity contribution in [3.8, 4) is 0 Å². The van der Waals surface area contributed by atoms with Crippen LogP contribution < -0.4 is 0 Å². The standard InChI is InChI=1S/C11H19N3OS/c1-3-4-10-12-13-11(16-10)7-14-5-6-15-8-9(14)2/h9H,3-8H2,1-2H3. The zero-order valence-electron chi connectivity index (χ0n) is 9.98. The summed E-state index contributed by atoms with van der Waals surface area (Å²) in [5.74, 6) is 0. The Labute approximate surface area is 101 Å². The minimum absolute atomic E-state index is 0.493. The second kappa shape index (κ2) is 5.70. The number of hydrogen-bond donors (Lipinski definition) is 0. The molecule has 1 aliphatic rings. The number of morpholine rings is 1. The highest BCUT2D eigenvalue weighted by Crippen LogP contribution is 2.16. The summed E-state index contributed by atoms with van der Waals surface area (Å²) in [5, 5.41) is 10.8. The van der Waals surface area contributed by atoms with Gasteiger partial charge in [-0.1, -0.05) is 6.92 Å². The number of rotatable bonds is 4. The third-order valence-corrected chi connectivity index (χ3v) is 3.78. The molecule has 1 atom stereocenters. The molecular formula is C11H19N3OS. The number of ether oxygens (including phenoxy) is 1. The molecule has 0 aliphatic carbocycles. The summed E-state index contributed by atoms with van der Waals surface area (Å²) in [4.78, 5) is 2.42. The van der Waals surface area contributed by atoms with Crippen molar-refractivity contribution in [1.29, 1.82) is 0 Å². The van der Waals surface area contributed by atoms with Crippen molar-refractivity contribution in [3.05, 3.63) is 10.0 Å². The van der Waals surface area contributed by atoms with E-state index in [9.17, 15) is 0 Å². The molecule has 0 saturated carbocycles. The molecule has 0 radical (unpaired) electrons. The van der Waals surface area contributed by atoms with E-state index in [-0.39, 0.29) is 0 Å². The van der Waals surface area contributed by atoms with Crippen LogP contribution in [0.3, 0.4) is 0 Å². The summed E-state index contributed by atoms with van der Waals surface area (Å²) in [6.45, 7) is 7.97. The summed E-state index contributed by atoms with van der Waals surface area (Å²) in [5.41, 5.74) is 0. The van der Waals surface area contributed by atoms with Crippen LogP contribution in [-0.2, 0) is 17.7 Å². The molecule has 1 aromatic heterocycles. The number of aromatic nitrogens is 2. The first kappa shape index (κ1) is 12.0. The molecule has 0 spiro atoms. The van der Waals surface area contributed by atoms with Gasteiger partial charge in [-0.15, -0.1) is 21.5 Å². The normalized spacial score (nSPS) is 22.5. The first-order valence-electron chi connectivity index (χ1n) is 5.92. The van der Waals surface area contributed by atoms with Gasteiger partial charge in [0.25, 0.3) is 0 Å². The third-order valence-electron chi connectivity index (χ3n) is 2.82. The van der Waals surface area contributed by atoms with Gasteiger partial charge in [-0.05, 0) is 13.3 Å². The van der Waals surface area contributed by atoms with E-state index in [2.05, 4.69) is 28.9 Å². The lowest BCUT2D eigenvalue weighted by atomic mass is 10.2. The number of aryl methyl sites for hydroxylation is 1. The Balaban J connectivity index is 1.91. The number of hydrogen-bond acceptors (Lipinski definition) is 5. The SMILES string of the molecule is CCCc1nnc(CN2CCOCC2C)s1. The molecule has 0 aromatic carbocycles. The van der Waals surface area contributed by atoms with Crippen LogP contribution in [-0.4, -0.2) is 40.9 Å². The summed E-state index contributed by atoms with van der Waals surface area (Å²) >= 11 is 1.75. The first-order chi connectivity index (χ1) is 7.79. The second-order valence-corrected chi connectivity index (χ2v) is 5.38. The molecular weight excluding hydrogens is 222 g/mol.